The van der Waals surface area contributed by atoms with Crippen molar-refractivity contribution in [1.29, 1.82) is 0 Å². The van der Waals surface area contributed by atoms with Gasteiger partial charge in [0.05, 0.1) is 17.8 Å². The first-order valence-electron chi connectivity index (χ1n) is 5.78. The molecule has 1 aromatic carbocycles. The topological polar surface area (TPSA) is 123 Å². The van der Waals surface area contributed by atoms with E-state index in [4.69, 9.17) is 20.7 Å². The van der Waals surface area contributed by atoms with Crippen LogP contribution in [0.2, 0.25) is 0 Å². The average molecular weight is 276 g/mol. The number of nitrogen functional groups attached to an aromatic ring is 1. The molecule has 7 nitrogen and oxygen atoms in total. The summed E-state index contributed by atoms with van der Waals surface area (Å²) in [6.45, 7) is 2.25. The van der Waals surface area contributed by atoms with Gasteiger partial charge in [-0.3, -0.25) is 0 Å². The van der Waals surface area contributed by atoms with E-state index in [9.17, 15) is 9.59 Å². The average Bonchev–Trinajstić information content (AvgIpc) is 2.38. The molecule has 20 heavy (non-hydrogen) atoms. The second kappa shape index (κ2) is 5.04. The summed E-state index contributed by atoms with van der Waals surface area (Å²) in [6.07, 6.45) is 0. The van der Waals surface area contributed by atoms with Gasteiger partial charge in [0, 0.05) is 5.39 Å². The number of hydrogen-bond donors (Lipinski definition) is 3. The fraction of sp³-hybridized carbons (Fsp3) is 0.154. The van der Waals surface area contributed by atoms with Crippen LogP contribution in [-0.4, -0.2) is 33.7 Å². The molecule has 0 amide bonds. The Kier molecular flexibility index (Phi) is 3.43. The molecule has 104 valence electrons. The number of hydrogen-bond acceptors (Lipinski definition) is 5. The van der Waals surface area contributed by atoms with E-state index in [-0.39, 0.29) is 5.69 Å². The fourth-order valence-electron chi connectivity index (χ4n) is 1.89. The molecule has 0 unspecified atom stereocenters. The molecule has 0 aliphatic carbocycles. The second-order valence-corrected chi connectivity index (χ2v) is 3.97. The largest absolute Gasteiger partial charge is 0.494 e. The van der Waals surface area contributed by atoms with Crippen molar-refractivity contribution in [3.63, 3.8) is 0 Å². The summed E-state index contributed by atoms with van der Waals surface area (Å²) in [6, 6.07) is 4.69. The molecule has 0 aliphatic heterocycles. The van der Waals surface area contributed by atoms with E-state index in [2.05, 4.69) is 4.98 Å². The minimum absolute atomic E-state index is 0.138. The zero-order valence-corrected chi connectivity index (χ0v) is 10.6. The second-order valence-electron chi connectivity index (χ2n) is 3.97. The summed E-state index contributed by atoms with van der Waals surface area (Å²) < 4.78 is 5.30. The van der Waals surface area contributed by atoms with E-state index in [0.717, 1.165) is 0 Å². The third-order valence-corrected chi connectivity index (χ3v) is 2.72. The summed E-state index contributed by atoms with van der Waals surface area (Å²) in [5, 5.41) is 18.5. The van der Waals surface area contributed by atoms with Crippen LogP contribution in [0.25, 0.3) is 10.9 Å². The quantitative estimate of drug-likeness (QED) is 0.775. The predicted molar refractivity (Wildman–Crippen MR) is 71.2 cm³/mol. The number of aromatic carboxylic acids is 2. The van der Waals surface area contributed by atoms with Crippen LogP contribution >= 0.6 is 0 Å². The molecule has 0 aliphatic rings. The van der Waals surface area contributed by atoms with E-state index in [1.165, 1.54) is 6.07 Å². The first kappa shape index (κ1) is 13.6. The van der Waals surface area contributed by atoms with Crippen LogP contribution in [0.1, 0.15) is 27.8 Å². The molecule has 0 fully saturated rings. The van der Waals surface area contributed by atoms with Crippen molar-refractivity contribution in [3.8, 4) is 5.75 Å². The molecule has 0 bridgehead atoms. The maximum atomic E-state index is 11.2. The van der Waals surface area contributed by atoms with Gasteiger partial charge in [-0.1, -0.05) is 0 Å². The van der Waals surface area contributed by atoms with Crippen LogP contribution in [0.4, 0.5) is 5.69 Å². The number of ether oxygens (including phenoxy) is 1. The molecular weight excluding hydrogens is 264 g/mol. The summed E-state index contributed by atoms with van der Waals surface area (Å²) >= 11 is 0. The van der Waals surface area contributed by atoms with E-state index >= 15 is 0 Å². The Morgan fingerprint density at radius 1 is 1.30 bits per heavy atom. The summed E-state index contributed by atoms with van der Waals surface area (Å²) in [5.74, 6) is -2.37. The Morgan fingerprint density at radius 2 is 2.00 bits per heavy atom. The molecule has 4 N–H and O–H groups in total. The number of anilines is 1. The van der Waals surface area contributed by atoms with Crippen LogP contribution in [0, 0.1) is 0 Å². The highest BCUT2D eigenvalue weighted by Crippen LogP contribution is 2.29. The normalized spacial score (nSPS) is 10.4. The van der Waals surface area contributed by atoms with Crippen molar-refractivity contribution < 1.29 is 24.5 Å². The Hall–Kier alpha value is -2.83. The third kappa shape index (κ3) is 2.20. The van der Waals surface area contributed by atoms with Crippen molar-refractivity contribution in [2.24, 2.45) is 0 Å². The predicted octanol–water partition coefficient (Wildman–Crippen LogP) is 1.61. The molecule has 0 radical (unpaired) electrons. The van der Waals surface area contributed by atoms with E-state index < -0.39 is 23.2 Å². The van der Waals surface area contributed by atoms with E-state index in [0.29, 0.717) is 23.3 Å². The number of nitrogens with two attached hydrogens (primary N) is 1. The number of carboxylic acids is 2. The van der Waals surface area contributed by atoms with Gasteiger partial charge in [-0.2, -0.15) is 0 Å². The maximum Gasteiger partial charge on any atom is 0.355 e. The molecule has 7 heteroatoms. The summed E-state index contributed by atoms with van der Waals surface area (Å²) in [4.78, 5) is 26.1. The van der Waals surface area contributed by atoms with Gasteiger partial charge in [-0.25, -0.2) is 14.6 Å². The summed E-state index contributed by atoms with van der Waals surface area (Å²) in [5.41, 5.74) is 4.85. The molecule has 1 heterocycles. The van der Waals surface area contributed by atoms with E-state index in [1.54, 1.807) is 12.1 Å². The lowest BCUT2D eigenvalue weighted by molar-refractivity contribution is 0.0647. The number of carboxylic acid groups (broad SMARTS) is 2. The van der Waals surface area contributed by atoms with Crippen molar-refractivity contribution in [3.05, 3.63) is 29.5 Å². The molecule has 1 aromatic heterocycles. The lowest BCUT2D eigenvalue weighted by Gasteiger charge is -2.10. The van der Waals surface area contributed by atoms with Crippen molar-refractivity contribution in [2.45, 2.75) is 6.92 Å². The number of carbonyl (C=O) groups is 2. The third-order valence-electron chi connectivity index (χ3n) is 2.72. The van der Waals surface area contributed by atoms with Crippen molar-refractivity contribution in [2.75, 3.05) is 12.3 Å². The van der Waals surface area contributed by atoms with Crippen LogP contribution in [0.15, 0.2) is 18.2 Å². The lowest BCUT2D eigenvalue weighted by atomic mass is 10.1. The van der Waals surface area contributed by atoms with Crippen LogP contribution in [-0.2, 0) is 0 Å². The number of aromatic nitrogens is 1. The Labute approximate surface area is 113 Å². The number of nitrogens with zero attached hydrogens (tertiary/aromatic N) is 1. The van der Waals surface area contributed by atoms with Gasteiger partial charge in [-0.05, 0) is 25.1 Å². The van der Waals surface area contributed by atoms with Gasteiger partial charge in [-0.15, -0.1) is 0 Å². The standard InChI is InChI=1S/C13H12N2O5/c1-2-20-6-3-4-8-7(5-6)10(14)9(12(16)17)11(15-8)13(18)19/h3-5H,2H2,1H3,(H2,14,15)(H,16,17)(H,18,19). The number of benzene rings is 1. The Morgan fingerprint density at radius 3 is 2.55 bits per heavy atom. The van der Waals surface area contributed by atoms with Crippen LogP contribution in [0.3, 0.4) is 0 Å². The van der Waals surface area contributed by atoms with Gasteiger partial charge in [0.2, 0.25) is 0 Å². The maximum absolute atomic E-state index is 11.2. The van der Waals surface area contributed by atoms with Gasteiger partial charge in [0.1, 0.15) is 11.3 Å². The first-order chi connectivity index (χ1) is 9.45. The fourth-order valence-corrected chi connectivity index (χ4v) is 1.89. The summed E-state index contributed by atoms with van der Waals surface area (Å²) in [7, 11) is 0. The van der Waals surface area contributed by atoms with Gasteiger partial charge in [0.15, 0.2) is 5.69 Å². The molecule has 0 atom stereocenters. The Balaban J connectivity index is 2.80. The van der Waals surface area contributed by atoms with Gasteiger partial charge >= 0.3 is 11.9 Å². The van der Waals surface area contributed by atoms with Crippen molar-refractivity contribution in [1.82, 2.24) is 4.98 Å². The zero-order chi connectivity index (χ0) is 14.9. The lowest BCUT2D eigenvalue weighted by Crippen LogP contribution is -2.14. The first-order valence-corrected chi connectivity index (χ1v) is 5.78. The highest BCUT2D eigenvalue weighted by Gasteiger charge is 2.23. The minimum atomic E-state index is -1.44. The van der Waals surface area contributed by atoms with Gasteiger partial charge in [0.25, 0.3) is 0 Å². The zero-order valence-electron chi connectivity index (χ0n) is 10.6. The monoisotopic (exact) mass is 276 g/mol. The number of pyridine rings is 1. The molecule has 0 saturated carbocycles. The highest BCUT2D eigenvalue weighted by atomic mass is 16.5. The van der Waals surface area contributed by atoms with Gasteiger partial charge < -0.3 is 20.7 Å². The van der Waals surface area contributed by atoms with Crippen LogP contribution in [0.5, 0.6) is 5.75 Å². The number of fused-ring (bicyclic) bond motifs is 1. The smallest absolute Gasteiger partial charge is 0.355 e. The highest BCUT2D eigenvalue weighted by molar-refractivity contribution is 6.10. The SMILES string of the molecule is CCOc1ccc2nc(C(=O)O)c(C(=O)O)c(N)c2c1. The minimum Gasteiger partial charge on any atom is -0.494 e. The molecular formula is C13H12N2O5. The molecule has 2 rings (SSSR count). The molecule has 0 saturated heterocycles. The molecule has 0 spiro atoms. The molecule has 2 aromatic rings. The van der Waals surface area contributed by atoms with Crippen LogP contribution < -0.4 is 10.5 Å². The Bertz CT molecular complexity index is 711. The van der Waals surface area contributed by atoms with Crippen molar-refractivity contribution >= 4 is 28.5 Å². The van der Waals surface area contributed by atoms with E-state index in [1.807, 2.05) is 6.92 Å². The number of rotatable bonds is 4.